The van der Waals surface area contributed by atoms with Crippen LogP contribution in [0.4, 0.5) is 0 Å². The quantitative estimate of drug-likeness (QED) is 0.561. The zero-order chi connectivity index (χ0) is 18.1. The molecule has 2 N–H and O–H groups in total. The predicted octanol–water partition coefficient (Wildman–Crippen LogP) is 1.71. The van der Waals surface area contributed by atoms with Crippen LogP contribution in [0.5, 0.6) is 5.75 Å². The molecule has 2 amide bonds. The molecule has 0 radical (unpaired) electrons. The number of hydrogen-bond acceptors (Lipinski definition) is 6. The van der Waals surface area contributed by atoms with Crippen LogP contribution in [0.3, 0.4) is 0 Å². The van der Waals surface area contributed by atoms with Crippen LogP contribution in [-0.2, 0) is 25.5 Å². The zero-order valence-electron chi connectivity index (χ0n) is 13.0. The molecule has 7 nitrogen and oxygen atoms in total. The lowest BCUT2D eigenvalue weighted by atomic mass is 10.3. The number of ether oxygens (including phenoxy) is 2. The largest absolute Gasteiger partial charge is 0.484 e. The van der Waals surface area contributed by atoms with Gasteiger partial charge in [0.15, 0.2) is 13.2 Å². The third-order valence-corrected chi connectivity index (χ3v) is 3.92. The molecule has 2 rings (SSSR count). The first-order valence-electron chi connectivity index (χ1n) is 7.17. The van der Waals surface area contributed by atoms with Crippen molar-refractivity contribution in [1.29, 1.82) is 0 Å². The molecule has 0 aliphatic rings. The molecular formula is C16H15ClN2O5S. The van der Waals surface area contributed by atoms with Crippen molar-refractivity contribution in [3.8, 4) is 5.75 Å². The summed E-state index contributed by atoms with van der Waals surface area (Å²) in [5.41, 5.74) is 4.28. The molecule has 25 heavy (non-hydrogen) atoms. The minimum atomic E-state index is -0.653. The molecule has 1 aromatic heterocycles. The van der Waals surface area contributed by atoms with E-state index in [1.54, 1.807) is 30.3 Å². The van der Waals surface area contributed by atoms with E-state index in [4.69, 9.17) is 21.1 Å². The van der Waals surface area contributed by atoms with Gasteiger partial charge in [0, 0.05) is 9.90 Å². The summed E-state index contributed by atoms with van der Waals surface area (Å²) in [6, 6.07) is 10.1. The first kappa shape index (κ1) is 18.8. The van der Waals surface area contributed by atoms with Gasteiger partial charge in [0.2, 0.25) is 0 Å². The van der Waals surface area contributed by atoms with Crippen LogP contribution in [0.2, 0.25) is 5.02 Å². The lowest BCUT2D eigenvalue weighted by molar-refractivity contribution is -0.148. The number of hydrazine groups is 1. The van der Waals surface area contributed by atoms with Crippen molar-refractivity contribution in [3.05, 3.63) is 51.7 Å². The maximum Gasteiger partial charge on any atom is 0.311 e. The molecule has 0 spiro atoms. The Morgan fingerprint density at radius 3 is 2.32 bits per heavy atom. The van der Waals surface area contributed by atoms with E-state index in [2.05, 4.69) is 10.9 Å². The summed E-state index contributed by atoms with van der Waals surface area (Å²) >= 11 is 7.16. The first-order valence-corrected chi connectivity index (χ1v) is 8.43. The molecule has 0 saturated carbocycles. The Labute approximate surface area is 152 Å². The highest BCUT2D eigenvalue weighted by Crippen LogP contribution is 2.15. The van der Waals surface area contributed by atoms with Crippen molar-refractivity contribution in [2.45, 2.75) is 6.42 Å². The SMILES string of the molecule is O=C(COC(=O)Cc1cccs1)NNC(=O)COc1ccc(Cl)cc1. The molecule has 0 unspecified atom stereocenters. The fourth-order valence-corrected chi connectivity index (χ4v) is 2.46. The van der Waals surface area contributed by atoms with Gasteiger partial charge in [-0.2, -0.15) is 0 Å². The second kappa shape index (κ2) is 9.65. The van der Waals surface area contributed by atoms with Gasteiger partial charge in [-0.15, -0.1) is 11.3 Å². The minimum Gasteiger partial charge on any atom is -0.484 e. The van der Waals surface area contributed by atoms with E-state index in [9.17, 15) is 14.4 Å². The standard InChI is InChI=1S/C16H15ClN2O5S/c17-11-3-5-12(6-4-11)23-9-14(20)18-19-15(21)10-24-16(22)8-13-2-1-7-25-13/h1-7H,8-10H2,(H,18,20)(H,19,21). The number of hydrogen-bond donors (Lipinski definition) is 2. The Bertz CT molecular complexity index is 719. The number of carbonyl (C=O) groups is 3. The van der Waals surface area contributed by atoms with Gasteiger partial charge in [0.1, 0.15) is 5.75 Å². The fourth-order valence-electron chi connectivity index (χ4n) is 1.64. The van der Waals surface area contributed by atoms with Crippen LogP contribution < -0.4 is 15.6 Å². The molecule has 2 aromatic rings. The maximum absolute atomic E-state index is 11.6. The molecule has 1 heterocycles. The number of carbonyl (C=O) groups excluding carboxylic acids is 3. The summed E-state index contributed by atoms with van der Waals surface area (Å²) in [5.74, 6) is -1.27. The summed E-state index contributed by atoms with van der Waals surface area (Å²) < 4.78 is 10.0. The van der Waals surface area contributed by atoms with Crippen LogP contribution in [0.15, 0.2) is 41.8 Å². The number of amides is 2. The number of benzene rings is 1. The second-order valence-corrected chi connectivity index (χ2v) is 6.22. The monoisotopic (exact) mass is 382 g/mol. The van der Waals surface area contributed by atoms with E-state index >= 15 is 0 Å². The average molecular weight is 383 g/mol. The summed E-state index contributed by atoms with van der Waals surface area (Å²) in [4.78, 5) is 35.4. The molecular weight excluding hydrogens is 368 g/mol. The van der Waals surface area contributed by atoms with Gasteiger partial charge in [-0.3, -0.25) is 25.2 Å². The van der Waals surface area contributed by atoms with Gasteiger partial charge in [-0.25, -0.2) is 0 Å². The summed E-state index contributed by atoms with van der Waals surface area (Å²) in [5, 5.41) is 2.40. The number of halogens is 1. The van der Waals surface area contributed by atoms with Crippen molar-refractivity contribution in [1.82, 2.24) is 10.9 Å². The van der Waals surface area contributed by atoms with E-state index in [0.29, 0.717) is 10.8 Å². The molecule has 0 atom stereocenters. The Morgan fingerprint density at radius 1 is 1.00 bits per heavy atom. The third-order valence-electron chi connectivity index (χ3n) is 2.79. The van der Waals surface area contributed by atoms with Crippen molar-refractivity contribution in [2.75, 3.05) is 13.2 Å². The number of esters is 1. The normalized spacial score (nSPS) is 9.96. The van der Waals surface area contributed by atoms with E-state index in [0.717, 1.165) is 4.88 Å². The van der Waals surface area contributed by atoms with Crippen molar-refractivity contribution >= 4 is 40.7 Å². The Kier molecular flexibility index (Phi) is 7.24. The maximum atomic E-state index is 11.6. The fraction of sp³-hybridized carbons (Fsp3) is 0.188. The van der Waals surface area contributed by atoms with Gasteiger partial charge >= 0.3 is 5.97 Å². The molecule has 9 heteroatoms. The van der Waals surface area contributed by atoms with E-state index in [1.165, 1.54) is 11.3 Å². The number of rotatable bonds is 7. The highest BCUT2D eigenvalue weighted by Gasteiger charge is 2.10. The van der Waals surface area contributed by atoms with E-state index in [1.807, 2.05) is 11.4 Å². The molecule has 1 aromatic carbocycles. The molecule has 0 fully saturated rings. The molecule has 0 aliphatic heterocycles. The summed E-state index contributed by atoms with van der Waals surface area (Å²) in [6.45, 7) is -0.775. The van der Waals surface area contributed by atoms with Gasteiger partial charge in [0.05, 0.1) is 6.42 Å². The Hall–Kier alpha value is -2.58. The lowest BCUT2D eigenvalue weighted by Crippen LogP contribution is -2.45. The topological polar surface area (TPSA) is 93.7 Å². The van der Waals surface area contributed by atoms with Crippen molar-refractivity contribution < 1.29 is 23.9 Å². The van der Waals surface area contributed by atoms with Crippen LogP contribution in [-0.4, -0.2) is 31.0 Å². The molecule has 0 bridgehead atoms. The Balaban J connectivity index is 1.59. The van der Waals surface area contributed by atoms with Gasteiger partial charge in [-0.05, 0) is 35.7 Å². The van der Waals surface area contributed by atoms with Crippen LogP contribution in [0, 0.1) is 0 Å². The van der Waals surface area contributed by atoms with Gasteiger partial charge in [-0.1, -0.05) is 17.7 Å². The van der Waals surface area contributed by atoms with Crippen LogP contribution in [0.1, 0.15) is 4.88 Å². The smallest absolute Gasteiger partial charge is 0.311 e. The number of thiophene rings is 1. The predicted molar refractivity (Wildman–Crippen MR) is 92.2 cm³/mol. The van der Waals surface area contributed by atoms with E-state index in [-0.39, 0.29) is 13.0 Å². The van der Waals surface area contributed by atoms with E-state index < -0.39 is 24.4 Å². The minimum absolute atomic E-state index is 0.103. The summed E-state index contributed by atoms with van der Waals surface area (Å²) in [6.07, 6.45) is 0.103. The zero-order valence-corrected chi connectivity index (χ0v) is 14.6. The molecule has 132 valence electrons. The average Bonchev–Trinajstić information content (AvgIpc) is 3.10. The Morgan fingerprint density at radius 2 is 1.68 bits per heavy atom. The second-order valence-electron chi connectivity index (χ2n) is 4.76. The highest BCUT2D eigenvalue weighted by molar-refractivity contribution is 7.10. The lowest BCUT2D eigenvalue weighted by Gasteiger charge is -2.09. The molecule has 0 saturated heterocycles. The van der Waals surface area contributed by atoms with Crippen LogP contribution in [0.25, 0.3) is 0 Å². The van der Waals surface area contributed by atoms with Crippen molar-refractivity contribution in [3.63, 3.8) is 0 Å². The molecule has 0 aliphatic carbocycles. The third kappa shape index (κ3) is 7.23. The highest BCUT2D eigenvalue weighted by atomic mass is 35.5. The summed E-state index contributed by atoms with van der Waals surface area (Å²) in [7, 11) is 0. The van der Waals surface area contributed by atoms with Crippen molar-refractivity contribution in [2.24, 2.45) is 0 Å². The van der Waals surface area contributed by atoms with Crippen LogP contribution >= 0.6 is 22.9 Å². The number of nitrogens with one attached hydrogen (secondary N) is 2. The first-order chi connectivity index (χ1) is 12.0. The van der Waals surface area contributed by atoms with Gasteiger partial charge < -0.3 is 9.47 Å². The van der Waals surface area contributed by atoms with Gasteiger partial charge in [0.25, 0.3) is 11.8 Å².